The zero-order valence-electron chi connectivity index (χ0n) is 6.68. The van der Waals surface area contributed by atoms with E-state index in [1.54, 1.807) is 0 Å². The molecule has 0 saturated heterocycles. The third-order valence-corrected chi connectivity index (χ3v) is 2.52. The molecule has 2 nitrogen and oxygen atoms in total. The largest absolute Gasteiger partial charge is 0.396 e. The highest BCUT2D eigenvalue weighted by atomic mass is 31.1. The molecule has 0 bridgehead atoms. The van der Waals surface area contributed by atoms with Crippen molar-refractivity contribution in [3.05, 3.63) is 35.9 Å². The van der Waals surface area contributed by atoms with E-state index in [-0.39, 0.29) is 20.7 Å². The Kier molecular flexibility index (Phi) is 3.92. The van der Waals surface area contributed by atoms with Crippen LogP contribution in [0.3, 0.4) is 0 Å². The zero-order chi connectivity index (χ0) is 8.81. The van der Waals surface area contributed by atoms with E-state index in [0.717, 1.165) is 5.56 Å². The van der Waals surface area contributed by atoms with Gasteiger partial charge in [-0.2, -0.15) is 0 Å². The first-order chi connectivity index (χ1) is 5.88. The molecule has 0 aromatic heterocycles. The van der Waals surface area contributed by atoms with Crippen LogP contribution in [-0.2, 0) is 4.57 Å². The van der Waals surface area contributed by atoms with Crippen LogP contribution in [0.15, 0.2) is 30.3 Å². The lowest BCUT2D eigenvalue weighted by atomic mass is 10.1. The molecule has 1 N–H and O–H groups in total. The number of aliphatic hydroxyl groups excluding tert-OH is 1. The molecule has 1 unspecified atom stereocenters. The van der Waals surface area contributed by atoms with Crippen LogP contribution in [0, 0.1) is 0 Å². The lowest BCUT2D eigenvalue weighted by Gasteiger charge is -2.06. The molecule has 0 fully saturated rings. The lowest BCUT2D eigenvalue weighted by molar-refractivity contribution is 0.286. The van der Waals surface area contributed by atoms with Crippen LogP contribution in [0.5, 0.6) is 0 Å². The van der Waals surface area contributed by atoms with Crippen molar-refractivity contribution >= 4 is 8.46 Å². The van der Waals surface area contributed by atoms with Crippen molar-refractivity contribution in [2.24, 2.45) is 0 Å². The van der Waals surface area contributed by atoms with Crippen molar-refractivity contribution in [3.63, 3.8) is 0 Å². The van der Waals surface area contributed by atoms with Gasteiger partial charge in [0.1, 0.15) is 0 Å². The van der Waals surface area contributed by atoms with Crippen molar-refractivity contribution in [1.82, 2.24) is 0 Å². The summed E-state index contributed by atoms with van der Waals surface area (Å²) in [5.41, 5.74) is 0.958. The SMILES string of the molecule is O=PC(CCO)c1ccccc1. The van der Waals surface area contributed by atoms with Gasteiger partial charge in [0.2, 0.25) is 0 Å². The van der Waals surface area contributed by atoms with Crippen molar-refractivity contribution in [3.8, 4) is 0 Å². The Balaban J connectivity index is 2.73. The van der Waals surface area contributed by atoms with Crippen molar-refractivity contribution in [2.75, 3.05) is 6.61 Å². The second-order valence-electron chi connectivity index (χ2n) is 2.54. The van der Waals surface area contributed by atoms with Gasteiger partial charge in [-0.25, -0.2) is 0 Å². The minimum atomic E-state index is -0.0591. The molecule has 0 saturated carbocycles. The Morgan fingerprint density at radius 3 is 2.50 bits per heavy atom. The predicted molar refractivity (Wildman–Crippen MR) is 48.5 cm³/mol. The smallest absolute Gasteiger partial charge is 0.163 e. The Labute approximate surface area is 73.4 Å². The van der Waals surface area contributed by atoms with Gasteiger partial charge in [-0.3, -0.25) is 4.57 Å². The number of benzene rings is 1. The molecule has 0 aliphatic rings. The fraction of sp³-hybridized carbons (Fsp3) is 0.333. The first-order valence-electron chi connectivity index (χ1n) is 3.86. The average Bonchev–Trinajstić information content (AvgIpc) is 2.15. The second-order valence-corrected chi connectivity index (χ2v) is 3.38. The molecule has 0 amide bonds. The molecule has 64 valence electrons. The number of hydrogen-bond acceptors (Lipinski definition) is 2. The molecule has 0 spiro atoms. The van der Waals surface area contributed by atoms with Crippen LogP contribution < -0.4 is 0 Å². The van der Waals surface area contributed by atoms with E-state index in [0.29, 0.717) is 6.42 Å². The van der Waals surface area contributed by atoms with Gasteiger partial charge in [-0.1, -0.05) is 30.3 Å². The fourth-order valence-corrected chi connectivity index (χ4v) is 1.59. The van der Waals surface area contributed by atoms with Crippen LogP contribution in [0.25, 0.3) is 0 Å². The van der Waals surface area contributed by atoms with Gasteiger partial charge in [-0.05, 0) is 12.0 Å². The summed E-state index contributed by atoms with van der Waals surface area (Å²) in [6.07, 6.45) is 0.551. The summed E-state index contributed by atoms with van der Waals surface area (Å²) in [5, 5.41) is 8.69. The van der Waals surface area contributed by atoms with Gasteiger partial charge in [0, 0.05) is 6.61 Å². The summed E-state index contributed by atoms with van der Waals surface area (Å²) in [5.74, 6) is 0. The van der Waals surface area contributed by atoms with Crippen molar-refractivity contribution < 1.29 is 9.67 Å². The van der Waals surface area contributed by atoms with Crippen molar-refractivity contribution in [1.29, 1.82) is 0 Å². The Bertz CT molecular complexity index is 236. The minimum Gasteiger partial charge on any atom is -0.396 e. The van der Waals surface area contributed by atoms with Gasteiger partial charge in [0.05, 0.1) is 5.66 Å². The quantitative estimate of drug-likeness (QED) is 0.726. The minimum absolute atomic E-state index is 0.0591. The van der Waals surface area contributed by atoms with E-state index in [4.69, 9.17) is 5.11 Å². The van der Waals surface area contributed by atoms with E-state index in [1.807, 2.05) is 30.3 Å². The lowest BCUT2D eigenvalue weighted by Crippen LogP contribution is -1.93. The summed E-state index contributed by atoms with van der Waals surface area (Å²) in [6.45, 7) is 0.0782. The standard InChI is InChI=1S/C9H11O2P/c10-7-6-9(12-11)8-4-2-1-3-5-8/h1-5,9-10H,6-7H2. The molecule has 1 rings (SSSR count). The van der Waals surface area contributed by atoms with Crippen LogP contribution in [0.2, 0.25) is 0 Å². The maximum atomic E-state index is 10.7. The molecular formula is C9H11O2P. The third-order valence-electron chi connectivity index (χ3n) is 1.71. The van der Waals surface area contributed by atoms with E-state index >= 15 is 0 Å². The van der Waals surface area contributed by atoms with E-state index in [1.165, 1.54) is 0 Å². The highest BCUT2D eigenvalue weighted by Gasteiger charge is 2.09. The predicted octanol–water partition coefficient (Wildman–Crippen LogP) is 2.40. The van der Waals surface area contributed by atoms with Crippen molar-refractivity contribution in [2.45, 2.75) is 12.1 Å². The highest BCUT2D eigenvalue weighted by Crippen LogP contribution is 2.29. The molecule has 1 aromatic carbocycles. The first kappa shape index (κ1) is 9.37. The number of rotatable bonds is 4. The maximum Gasteiger partial charge on any atom is 0.163 e. The molecule has 0 aliphatic heterocycles. The number of hydrogen-bond donors (Lipinski definition) is 1. The summed E-state index contributed by atoms with van der Waals surface area (Å²) in [4.78, 5) is 0. The van der Waals surface area contributed by atoms with E-state index in [9.17, 15) is 4.57 Å². The molecule has 0 heterocycles. The van der Waals surface area contributed by atoms with Gasteiger partial charge in [-0.15, -0.1) is 0 Å². The second kappa shape index (κ2) is 5.02. The average molecular weight is 182 g/mol. The molecular weight excluding hydrogens is 171 g/mol. The maximum absolute atomic E-state index is 10.7. The Morgan fingerprint density at radius 2 is 2.00 bits per heavy atom. The summed E-state index contributed by atoms with van der Waals surface area (Å²) >= 11 is 0. The van der Waals surface area contributed by atoms with Crippen LogP contribution in [0.1, 0.15) is 17.6 Å². The zero-order valence-corrected chi connectivity index (χ0v) is 7.58. The summed E-state index contributed by atoms with van der Waals surface area (Å²) < 4.78 is 10.7. The number of aliphatic hydroxyl groups is 1. The normalized spacial score (nSPS) is 13.1. The molecule has 12 heavy (non-hydrogen) atoms. The Hall–Kier alpha value is -0.720. The molecule has 3 heteroatoms. The highest BCUT2D eigenvalue weighted by molar-refractivity contribution is 7.24. The van der Waals surface area contributed by atoms with Crippen LogP contribution in [0.4, 0.5) is 0 Å². The topological polar surface area (TPSA) is 37.3 Å². The van der Waals surface area contributed by atoms with E-state index < -0.39 is 0 Å². The van der Waals surface area contributed by atoms with Gasteiger partial charge in [0.25, 0.3) is 0 Å². The molecule has 1 atom stereocenters. The van der Waals surface area contributed by atoms with Gasteiger partial charge >= 0.3 is 0 Å². The third kappa shape index (κ3) is 2.40. The monoisotopic (exact) mass is 182 g/mol. The van der Waals surface area contributed by atoms with Crippen LogP contribution in [-0.4, -0.2) is 11.7 Å². The first-order valence-corrected chi connectivity index (χ1v) is 4.75. The van der Waals surface area contributed by atoms with E-state index in [2.05, 4.69) is 0 Å². The Morgan fingerprint density at radius 1 is 1.33 bits per heavy atom. The van der Waals surface area contributed by atoms with Gasteiger partial charge < -0.3 is 5.11 Å². The molecule has 1 aromatic rings. The van der Waals surface area contributed by atoms with Gasteiger partial charge in [0.15, 0.2) is 8.46 Å². The molecule has 0 radical (unpaired) electrons. The molecule has 0 aliphatic carbocycles. The summed E-state index contributed by atoms with van der Waals surface area (Å²) in [6, 6.07) is 9.58. The summed E-state index contributed by atoms with van der Waals surface area (Å²) in [7, 11) is 0.0804. The fourth-order valence-electron chi connectivity index (χ4n) is 1.08. The van der Waals surface area contributed by atoms with Crippen LogP contribution >= 0.6 is 8.46 Å².